The SMILES string of the molecule is COC(=O)NC(C(=O)Nc1ccccc1CC[C@@H]1CNC[C@@H](COc2cccc3ncccc23)O1)C(c1ccccc1)c1ccccc1. The molecule has 1 aliphatic heterocycles. The van der Waals surface area contributed by atoms with E-state index in [-0.39, 0.29) is 18.1 Å². The number of morpholine rings is 1. The zero-order chi connectivity index (χ0) is 33.1. The molecule has 6 rings (SSSR count). The van der Waals surface area contributed by atoms with Crippen LogP contribution in [0, 0.1) is 0 Å². The average Bonchev–Trinajstić information content (AvgIpc) is 3.14. The van der Waals surface area contributed by atoms with Crippen molar-refractivity contribution in [1.29, 1.82) is 0 Å². The molecular formula is C39H40N4O5. The number of amides is 2. The topological polar surface area (TPSA) is 111 Å². The fourth-order valence-corrected chi connectivity index (χ4v) is 6.20. The number of carbonyl (C=O) groups excluding carboxylic acids is 2. The first-order valence-electron chi connectivity index (χ1n) is 16.2. The molecule has 2 heterocycles. The van der Waals surface area contributed by atoms with Gasteiger partial charge in [0.25, 0.3) is 0 Å². The lowest BCUT2D eigenvalue weighted by Crippen LogP contribution is -2.48. The molecule has 3 N–H and O–H groups in total. The Bertz CT molecular complexity index is 1760. The Hall–Kier alpha value is -5.25. The van der Waals surface area contributed by atoms with Gasteiger partial charge in [0.2, 0.25) is 5.91 Å². The minimum absolute atomic E-state index is 0.0282. The molecule has 5 aromatic rings. The molecule has 48 heavy (non-hydrogen) atoms. The highest BCUT2D eigenvalue weighted by atomic mass is 16.5. The van der Waals surface area contributed by atoms with E-state index in [1.165, 1.54) is 7.11 Å². The van der Waals surface area contributed by atoms with Gasteiger partial charge in [0, 0.05) is 36.3 Å². The summed E-state index contributed by atoms with van der Waals surface area (Å²) in [6, 6.07) is 36.0. The van der Waals surface area contributed by atoms with Crippen molar-refractivity contribution in [3.05, 3.63) is 138 Å². The number of nitrogens with zero attached hydrogens (tertiary/aromatic N) is 1. The highest BCUT2D eigenvalue weighted by Crippen LogP contribution is 2.30. The first kappa shape index (κ1) is 32.7. The van der Waals surface area contributed by atoms with Crippen molar-refractivity contribution in [3.63, 3.8) is 0 Å². The van der Waals surface area contributed by atoms with Crippen LogP contribution in [-0.4, -0.2) is 62.0 Å². The molecule has 9 heteroatoms. The summed E-state index contributed by atoms with van der Waals surface area (Å²) in [6.07, 6.45) is 2.38. The van der Waals surface area contributed by atoms with Gasteiger partial charge in [-0.1, -0.05) is 84.9 Å². The van der Waals surface area contributed by atoms with Gasteiger partial charge < -0.3 is 30.2 Å². The predicted octanol–water partition coefficient (Wildman–Crippen LogP) is 6.10. The quantitative estimate of drug-likeness (QED) is 0.151. The standard InChI is InChI=1S/C39H40N4O5/c1-46-39(45)43-37(36(28-13-4-2-5-14-28)29-15-6-3-7-16-29)38(44)42-33-18-9-8-12-27(33)21-22-30-24-40-25-31(48-30)26-47-35-20-10-19-34-32(35)17-11-23-41-34/h2-20,23,30-31,36-37,40H,21-22,24-26H2,1H3,(H,42,44)(H,43,45)/t30-,31+,37?/m1/s1. The molecule has 1 unspecified atom stereocenters. The van der Waals surface area contributed by atoms with E-state index < -0.39 is 18.1 Å². The molecule has 0 aliphatic carbocycles. The molecule has 4 aromatic carbocycles. The maximum atomic E-state index is 14.1. The second-order valence-electron chi connectivity index (χ2n) is 11.8. The zero-order valence-corrected chi connectivity index (χ0v) is 26.9. The lowest BCUT2D eigenvalue weighted by molar-refractivity contribution is -0.118. The van der Waals surface area contributed by atoms with Crippen molar-refractivity contribution in [2.24, 2.45) is 0 Å². The van der Waals surface area contributed by atoms with Gasteiger partial charge in [0.1, 0.15) is 24.5 Å². The molecule has 2 amide bonds. The van der Waals surface area contributed by atoms with Crippen molar-refractivity contribution in [3.8, 4) is 5.75 Å². The number of aromatic nitrogens is 1. The number of ether oxygens (including phenoxy) is 3. The summed E-state index contributed by atoms with van der Waals surface area (Å²) in [5.74, 6) is -0.00981. The number of methoxy groups -OCH3 is 1. The van der Waals surface area contributed by atoms with Crippen LogP contribution < -0.4 is 20.7 Å². The maximum Gasteiger partial charge on any atom is 0.407 e. The van der Waals surface area contributed by atoms with Crippen molar-refractivity contribution in [2.45, 2.75) is 37.0 Å². The number of benzene rings is 4. The number of hydrogen-bond acceptors (Lipinski definition) is 7. The molecule has 0 spiro atoms. The summed E-state index contributed by atoms with van der Waals surface area (Å²) < 4.78 is 17.6. The van der Waals surface area contributed by atoms with E-state index in [4.69, 9.17) is 14.2 Å². The van der Waals surface area contributed by atoms with E-state index in [1.807, 2.05) is 115 Å². The average molecular weight is 645 g/mol. The van der Waals surface area contributed by atoms with Crippen LogP contribution in [0.15, 0.2) is 121 Å². The van der Waals surface area contributed by atoms with Gasteiger partial charge in [-0.2, -0.15) is 0 Å². The molecule has 0 saturated carbocycles. The van der Waals surface area contributed by atoms with Crippen LogP contribution in [0.3, 0.4) is 0 Å². The van der Waals surface area contributed by atoms with E-state index in [0.717, 1.165) is 46.3 Å². The number of aryl methyl sites for hydroxylation is 1. The molecule has 1 aliphatic rings. The number of alkyl carbamates (subject to hydrolysis) is 1. The third-order valence-corrected chi connectivity index (χ3v) is 8.56. The molecule has 0 bridgehead atoms. The molecule has 1 aromatic heterocycles. The molecule has 3 atom stereocenters. The summed E-state index contributed by atoms with van der Waals surface area (Å²) in [7, 11) is 1.29. The van der Waals surface area contributed by atoms with Crippen molar-refractivity contribution in [1.82, 2.24) is 15.6 Å². The summed E-state index contributed by atoms with van der Waals surface area (Å²) in [5.41, 5.74) is 4.35. The van der Waals surface area contributed by atoms with Gasteiger partial charge in [-0.05, 0) is 59.9 Å². The predicted molar refractivity (Wildman–Crippen MR) is 186 cm³/mol. The number of para-hydroxylation sites is 1. The summed E-state index contributed by atoms with van der Waals surface area (Å²) in [4.78, 5) is 31.1. The fourth-order valence-electron chi connectivity index (χ4n) is 6.20. The van der Waals surface area contributed by atoms with E-state index in [9.17, 15) is 9.59 Å². The lowest BCUT2D eigenvalue weighted by atomic mass is 9.84. The fraction of sp³-hybridized carbons (Fsp3) is 0.256. The van der Waals surface area contributed by atoms with Crippen LogP contribution in [0.1, 0.15) is 29.0 Å². The number of fused-ring (bicyclic) bond motifs is 1. The Morgan fingerprint density at radius 1 is 0.854 bits per heavy atom. The summed E-state index contributed by atoms with van der Waals surface area (Å²) in [6.45, 7) is 1.84. The smallest absolute Gasteiger partial charge is 0.407 e. The normalized spacial score (nSPS) is 16.6. The maximum absolute atomic E-state index is 14.1. The summed E-state index contributed by atoms with van der Waals surface area (Å²) in [5, 5.41) is 10.4. The molecule has 0 radical (unpaired) electrons. The Kier molecular flexibility index (Phi) is 10.9. The number of hydrogen-bond donors (Lipinski definition) is 3. The van der Waals surface area contributed by atoms with Crippen LogP contribution in [-0.2, 0) is 20.7 Å². The number of carbonyl (C=O) groups is 2. The van der Waals surface area contributed by atoms with Crippen LogP contribution >= 0.6 is 0 Å². The van der Waals surface area contributed by atoms with Crippen molar-refractivity contribution >= 4 is 28.6 Å². The van der Waals surface area contributed by atoms with E-state index in [0.29, 0.717) is 25.3 Å². The van der Waals surface area contributed by atoms with Gasteiger partial charge >= 0.3 is 6.09 Å². The Morgan fingerprint density at radius 2 is 1.56 bits per heavy atom. The number of rotatable bonds is 12. The van der Waals surface area contributed by atoms with Gasteiger partial charge in [0.05, 0.1) is 18.7 Å². The molecule has 9 nitrogen and oxygen atoms in total. The lowest BCUT2D eigenvalue weighted by Gasteiger charge is -2.31. The second kappa shape index (κ2) is 16.0. The van der Waals surface area contributed by atoms with Crippen LogP contribution in [0.4, 0.5) is 10.5 Å². The largest absolute Gasteiger partial charge is 0.490 e. The molecule has 246 valence electrons. The third kappa shape index (κ3) is 8.17. The Balaban J connectivity index is 1.13. The molecule has 1 fully saturated rings. The highest BCUT2D eigenvalue weighted by Gasteiger charge is 2.33. The second-order valence-corrected chi connectivity index (χ2v) is 11.8. The van der Waals surface area contributed by atoms with Crippen LogP contribution in [0.5, 0.6) is 5.75 Å². The highest BCUT2D eigenvalue weighted by molar-refractivity contribution is 5.98. The Morgan fingerprint density at radius 3 is 2.31 bits per heavy atom. The number of pyridine rings is 1. The van der Waals surface area contributed by atoms with E-state index >= 15 is 0 Å². The first-order chi connectivity index (χ1) is 23.6. The minimum atomic E-state index is -0.945. The Labute approximate surface area is 280 Å². The van der Waals surface area contributed by atoms with Gasteiger partial charge in [-0.3, -0.25) is 9.78 Å². The van der Waals surface area contributed by atoms with E-state index in [2.05, 4.69) is 20.9 Å². The summed E-state index contributed by atoms with van der Waals surface area (Å²) >= 11 is 0. The molecule has 1 saturated heterocycles. The zero-order valence-electron chi connectivity index (χ0n) is 26.9. The van der Waals surface area contributed by atoms with Crippen LogP contribution in [0.2, 0.25) is 0 Å². The van der Waals surface area contributed by atoms with Gasteiger partial charge in [0.15, 0.2) is 0 Å². The minimum Gasteiger partial charge on any atom is -0.490 e. The monoisotopic (exact) mass is 644 g/mol. The molecular weight excluding hydrogens is 604 g/mol. The number of anilines is 1. The van der Waals surface area contributed by atoms with Gasteiger partial charge in [-0.25, -0.2) is 4.79 Å². The number of nitrogens with one attached hydrogen (secondary N) is 3. The van der Waals surface area contributed by atoms with Crippen LogP contribution in [0.25, 0.3) is 10.9 Å². The first-order valence-corrected chi connectivity index (χ1v) is 16.2. The van der Waals surface area contributed by atoms with E-state index in [1.54, 1.807) is 6.20 Å². The third-order valence-electron chi connectivity index (χ3n) is 8.56. The van der Waals surface area contributed by atoms with Crippen molar-refractivity contribution < 1.29 is 23.8 Å². The van der Waals surface area contributed by atoms with Gasteiger partial charge in [-0.15, -0.1) is 0 Å². The van der Waals surface area contributed by atoms with Crippen molar-refractivity contribution in [2.75, 3.05) is 32.1 Å².